The van der Waals surface area contributed by atoms with Crippen molar-refractivity contribution >= 4 is 0 Å². The third-order valence-electron chi connectivity index (χ3n) is 3.06. The summed E-state index contributed by atoms with van der Waals surface area (Å²) in [6, 6.07) is 19.1. The number of aromatic nitrogens is 2. The van der Waals surface area contributed by atoms with E-state index in [1.165, 1.54) is 6.07 Å². The predicted octanol–water partition coefficient (Wildman–Crippen LogP) is 2.40. The van der Waals surface area contributed by atoms with Crippen LogP contribution in [0.15, 0.2) is 70.3 Å². The number of H-pyrrole nitrogens is 2. The molecule has 1 heterocycles. The SMILES string of the molecule is O=c1cc(-c2ccc(-c3ccccc3)cc2)[nH]c(=O)[nH]1. The van der Waals surface area contributed by atoms with Gasteiger partial charge in [0.15, 0.2) is 0 Å². The highest BCUT2D eigenvalue weighted by molar-refractivity contribution is 5.68. The Morgan fingerprint density at radius 1 is 0.650 bits per heavy atom. The molecule has 0 aliphatic carbocycles. The van der Waals surface area contributed by atoms with Gasteiger partial charge < -0.3 is 4.98 Å². The second-order valence-electron chi connectivity index (χ2n) is 4.44. The average molecular weight is 264 g/mol. The first kappa shape index (κ1) is 12.2. The van der Waals surface area contributed by atoms with Crippen LogP contribution in [-0.4, -0.2) is 9.97 Å². The normalized spacial score (nSPS) is 10.4. The summed E-state index contributed by atoms with van der Waals surface area (Å²) in [6.07, 6.45) is 0. The minimum Gasteiger partial charge on any atom is -0.307 e. The van der Waals surface area contributed by atoms with Gasteiger partial charge in [-0.15, -0.1) is 0 Å². The summed E-state index contributed by atoms with van der Waals surface area (Å²) >= 11 is 0. The molecule has 0 aliphatic heterocycles. The van der Waals surface area contributed by atoms with Crippen LogP contribution in [0.5, 0.6) is 0 Å². The van der Waals surface area contributed by atoms with Gasteiger partial charge in [-0.3, -0.25) is 9.78 Å². The lowest BCUT2D eigenvalue weighted by molar-refractivity contribution is 1.04. The lowest BCUT2D eigenvalue weighted by Crippen LogP contribution is -2.21. The van der Waals surface area contributed by atoms with Gasteiger partial charge in [0.05, 0.1) is 5.69 Å². The smallest absolute Gasteiger partial charge is 0.307 e. The number of hydrogen-bond acceptors (Lipinski definition) is 2. The summed E-state index contributed by atoms with van der Waals surface area (Å²) in [5.41, 5.74) is 2.61. The minimum atomic E-state index is -0.500. The molecule has 3 aromatic rings. The number of hydrogen-bond donors (Lipinski definition) is 2. The van der Waals surface area contributed by atoms with E-state index in [0.29, 0.717) is 5.69 Å². The third-order valence-corrected chi connectivity index (χ3v) is 3.06. The van der Waals surface area contributed by atoms with Crippen molar-refractivity contribution in [3.8, 4) is 22.4 Å². The van der Waals surface area contributed by atoms with Crippen LogP contribution in [0, 0.1) is 0 Å². The van der Waals surface area contributed by atoms with E-state index in [2.05, 4.69) is 9.97 Å². The van der Waals surface area contributed by atoms with Crippen LogP contribution >= 0.6 is 0 Å². The van der Waals surface area contributed by atoms with Gasteiger partial charge in [-0.05, 0) is 16.7 Å². The van der Waals surface area contributed by atoms with Crippen molar-refractivity contribution in [3.05, 3.63) is 81.5 Å². The summed E-state index contributed by atoms with van der Waals surface area (Å²) < 4.78 is 0. The highest BCUT2D eigenvalue weighted by Crippen LogP contribution is 2.22. The fourth-order valence-corrected chi connectivity index (χ4v) is 2.10. The van der Waals surface area contributed by atoms with Gasteiger partial charge in [0.25, 0.3) is 5.56 Å². The maximum atomic E-state index is 11.3. The molecule has 0 bridgehead atoms. The number of aromatic amines is 2. The molecule has 4 heteroatoms. The highest BCUT2D eigenvalue weighted by Gasteiger charge is 2.02. The zero-order valence-electron chi connectivity index (χ0n) is 10.6. The third kappa shape index (κ3) is 2.44. The first-order valence-corrected chi connectivity index (χ1v) is 6.22. The zero-order chi connectivity index (χ0) is 13.9. The molecule has 2 N–H and O–H groups in total. The first-order valence-electron chi connectivity index (χ1n) is 6.22. The summed E-state index contributed by atoms with van der Waals surface area (Å²) in [6.45, 7) is 0. The molecular formula is C16H12N2O2. The number of rotatable bonds is 2. The van der Waals surface area contributed by atoms with Crippen LogP contribution in [0.1, 0.15) is 0 Å². The van der Waals surface area contributed by atoms with E-state index in [1.807, 2.05) is 54.6 Å². The van der Waals surface area contributed by atoms with Crippen molar-refractivity contribution in [1.82, 2.24) is 9.97 Å². The van der Waals surface area contributed by atoms with Crippen molar-refractivity contribution in [2.75, 3.05) is 0 Å². The molecule has 0 atom stereocenters. The van der Waals surface area contributed by atoms with Crippen LogP contribution in [0.4, 0.5) is 0 Å². The van der Waals surface area contributed by atoms with Crippen LogP contribution in [0.2, 0.25) is 0 Å². The van der Waals surface area contributed by atoms with E-state index in [4.69, 9.17) is 0 Å². The molecule has 0 saturated heterocycles. The van der Waals surface area contributed by atoms with E-state index in [-0.39, 0.29) is 0 Å². The van der Waals surface area contributed by atoms with Crippen LogP contribution in [0.25, 0.3) is 22.4 Å². The van der Waals surface area contributed by atoms with E-state index >= 15 is 0 Å². The molecule has 0 fully saturated rings. The molecule has 2 aromatic carbocycles. The fourth-order valence-electron chi connectivity index (χ4n) is 2.10. The predicted molar refractivity (Wildman–Crippen MR) is 78.6 cm³/mol. The highest BCUT2D eigenvalue weighted by atomic mass is 16.2. The van der Waals surface area contributed by atoms with E-state index in [9.17, 15) is 9.59 Å². The largest absolute Gasteiger partial charge is 0.326 e. The molecule has 98 valence electrons. The van der Waals surface area contributed by atoms with Gasteiger partial charge in [0.1, 0.15) is 0 Å². The van der Waals surface area contributed by atoms with Crippen molar-refractivity contribution in [2.45, 2.75) is 0 Å². The van der Waals surface area contributed by atoms with Gasteiger partial charge in [0.2, 0.25) is 0 Å². The maximum absolute atomic E-state index is 11.3. The van der Waals surface area contributed by atoms with Crippen molar-refractivity contribution in [3.63, 3.8) is 0 Å². The average Bonchev–Trinajstić information content (AvgIpc) is 2.47. The zero-order valence-corrected chi connectivity index (χ0v) is 10.6. The lowest BCUT2D eigenvalue weighted by Gasteiger charge is -2.04. The molecule has 0 radical (unpaired) electrons. The summed E-state index contributed by atoms with van der Waals surface area (Å²) in [5.74, 6) is 0. The Balaban J connectivity index is 2.01. The molecule has 4 nitrogen and oxygen atoms in total. The Labute approximate surface area is 114 Å². The number of nitrogens with one attached hydrogen (secondary N) is 2. The molecule has 1 aromatic heterocycles. The van der Waals surface area contributed by atoms with Crippen LogP contribution in [0.3, 0.4) is 0 Å². The standard InChI is InChI=1S/C16H12N2O2/c19-15-10-14(17-16(20)18-15)13-8-6-12(7-9-13)11-4-2-1-3-5-11/h1-10H,(H2,17,18,19,20). The Hall–Kier alpha value is -2.88. The van der Waals surface area contributed by atoms with Crippen molar-refractivity contribution in [1.29, 1.82) is 0 Å². The van der Waals surface area contributed by atoms with Gasteiger partial charge in [0, 0.05) is 6.07 Å². The summed E-state index contributed by atoms with van der Waals surface area (Å²) in [7, 11) is 0. The Morgan fingerprint density at radius 2 is 1.25 bits per heavy atom. The fraction of sp³-hybridized carbons (Fsp3) is 0. The molecular weight excluding hydrogens is 252 g/mol. The van der Waals surface area contributed by atoms with Crippen LogP contribution in [-0.2, 0) is 0 Å². The Bertz CT molecular complexity index is 802. The van der Waals surface area contributed by atoms with Crippen molar-refractivity contribution < 1.29 is 0 Å². The molecule has 20 heavy (non-hydrogen) atoms. The topological polar surface area (TPSA) is 65.7 Å². The van der Waals surface area contributed by atoms with Gasteiger partial charge >= 0.3 is 5.69 Å². The lowest BCUT2D eigenvalue weighted by atomic mass is 10.0. The Kier molecular flexibility index (Phi) is 3.05. The number of benzene rings is 2. The second kappa shape index (κ2) is 5.01. The molecule has 0 spiro atoms. The maximum Gasteiger partial charge on any atom is 0.326 e. The molecule has 0 aliphatic rings. The quantitative estimate of drug-likeness (QED) is 0.746. The van der Waals surface area contributed by atoms with E-state index < -0.39 is 11.2 Å². The van der Waals surface area contributed by atoms with E-state index in [1.54, 1.807) is 0 Å². The van der Waals surface area contributed by atoms with Crippen molar-refractivity contribution in [2.24, 2.45) is 0 Å². The van der Waals surface area contributed by atoms with Gasteiger partial charge in [-0.1, -0.05) is 54.6 Å². The minimum absolute atomic E-state index is 0.407. The van der Waals surface area contributed by atoms with E-state index in [0.717, 1.165) is 16.7 Å². The molecule has 0 saturated carbocycles. The Morgan fingerprint density at radius 3 is 1.90 bits per heavy atom. The molecule has 0 unspecified atom stereocenters. The second-order valence-corrected chi connectivity index (χ2v) is 4.44. The summed E-state index contributed by atoms with van der Waals surface area (Å²) in [5, 5.41) is 0. The van der Waals surface area contributed by atoms with Gasteiger partial charge in [-0.2, -0.15) is 0 Å². The molecule has 3 rings (SSSR count). The molecule has 0 amide bonds. The van der Waals surface area contributed by atoms with Crippen LogP contribution < -0.4 is 11.2 Å². The van der Waals surface area contributed by atoms with Gasteiger partial charge in [-0.25, -0.2) is 4.79 Å². The monoisotopic (exact) mass is 264 g/mol. The summed E-state index contributed by atoms with van der Waals surface area (Å²) in [4.78, 5) is 27.3. The first-order chi connectivity index (χ1) is 9.72.